The van der Waals surface area contributed by atoms with Gasteiger partial charge >= 0.3 is 0 Å². The number of halogens is 2. The number of amides is 1. The van der Waals surface area contributed by atoms with Crippen LogP contribution in [0.4, 0.5) is 4.39 Å². The molecule has 2 heterocycles. The third kappa shape index (κ3) is 3.44. The molecule has 0 radical (unpaired) electrons. The van der Waals surface area contributed by atoms with Crippen LogP contribution in [0.3, 0.4) is 0 Å². The predicted octanol–water partition coefficient (Wildman–Crippen LogP) is 3.57. The predicted molar refractivity (Wildman–Crippen MR) is 85.8 cm³/mol. The third-order valence-corrected chi connectivity index (χ3v) is 4.95. The second kappa shape index (κ2) is 6.97. The first-order valence-corrected chi connectivity index (χ1v) is 8.51. The van der Waals surface area contributed by atoms with Crippen molar-refractivity contribution in [2.45, 2.75) is 38.1 Å². The number of piperidine rings is 1. The average molecular weight is 325 g/mol. The zero-order valence-electron chi connectivity index (χ0n) is 12.7. The fourth-order valence-electron chi connectivity index (χ4n) is 3.54. The number of hydrogen-bond donors (Lipinski definition) is 0. The van der Waals surface area contributed by atoms with Crippen molar-refractivity contribution in [3.63, 3.8) is 0 Å². The van der Waals surface area contributed by atoms with Gasteiger partial charge in [-0.3, -0.25) is 4.79 Å². The Morgan fingerprint density at radius 1 is 1.18 bits per heavy atom. The van der Waals surface area contributed by atoms with E-state index in [-0.39, 0.29) is 17.5 Å². The van der Waals surface area contributed by atoms with Crippen LogP contribution >= 0.6 is 11.6 Å². The third-order valence-electron chi connectivity index (χ3n) is 4.71. The van der Waals surface area contributed by atoms with E-state index in [1.165, 1.54) is 31.0 Å². The van der Waals surface area contributed by atoms with E-state index in [0.717, 1.165) is 38.9 Å². The molecule has 22 heavy (non-hydrogen) atoms. The Balaban J connectivity index is 1.77. The van der Waals surface area contributed by atoms with Crippen LogP contribution in [0.25, 0.3) is 0 Å². The maximum Gasteiger partial charge on any atom is 0.257 e. The minimum atomic E-state index is -0.486. The highest BCUT2D eigenvalue weighted by Gasteiger charge is 2.30. The van der Waals surface area contributed by atoms with Crippen LogP contribution < -0.4 is 0 Å². The molecule has 3 rings (SSSR count). The largest absolute Gasteiger partial charge is 0.334 e. The van der Waals surface area contributed by atoms with Crippen molar-refractivity contribution in [3.05, 3.63) is 34.6 Å². The van der Waals surface area contributed by atoms with Crippen LogP contribution in [0, 0.1) is 5.82 Å². The summed E-state index contributed by atoms with van der Waals surface area (Å²) in [4.78, 5) is 17.0. The Morgan fingerprint density at radius 3 is 2.68 bits per heavy atom. The van der Waals surface area contributed by atoms with E-state index in [2.05, 4.69) is 4.90 Å². The number of nitrogens with zero attached hydrogens (tertiary/aromatic N) is 2. The summed E-state index contributed by atoms with van der Waals surface area (Å²) in [5.41, 5.74) is 0.0980. The van der Waals surface area contributed by atoms with Gasteiger partial charge in [0.15, 0.2) is 0 Å². The van der Waals surface area contributed by atoms with Gasteiger partial charge in [0, 0.05) is 24.2 Å². The summed E-state index contributed by atoms with van der Waals surface area (Å²) in [5, 5.41) is 0.401. The normalized spacial score (nSPS) is 23.0. The van der Waals surface area contributed by atoms with Gasteiger partial charge in [-0.15, -0.1) is 0 Å². The van der Waals surface area contributed by atoms with Gasteiger partial charge in [0.05, 0.1) is 5.56 Å². The Hall–Kier alpha value is -1.13. The first kappa shape index (κ1) is 15.8. The van der Waals surface area contributed by atoms with Gasteiger partial charge in [0.1, 0.15) is 5.82 Å². The van der Waals surface area contributed by atoms with Gasteiger partial charge in [0.2, 0.25) is 0 Å². The standard InChI is InChI=1S/C17H22ClFN2O/c18-13-6-7-16(19)15(11-13)17(22)21-10-2-1-5-14(21)12-20-8-3-4-9-20/h6-7,11,14H,1-5,8-10,12H2. The molecule has 1 aromatic rings. The molecular weight excluding hydrogens is 303 g/mol. The van der Waals surface area contributed by atoms with Crippen molar-refractivity contribution in [3.8, 4) is 0 Å². The van der Waals surface area contributed by atoms with E-state index in [4.69, 9.17) is 11.6 Å². The van der Waals surface area contributed by atoms with Gasteiger partial charge in [-0.25, -0.2) is 4.39 Å². The number of likely N-dealkylation sites (tertiary alicyclic amines) is 2. The first-order valence-electron chi connectivity index (χ1n) is 8.13. The fourth-order valence-corrected chi connectivity index (χ4v) is 3.71. The number of rotatable bonds is 3. The van der Waals surface area contributed by atoms with Crippen LogP contribution in [0.5, 0.6) is 0 Å². The molecule has 0 saturated carbocycles. The zero-order valence-corrected chi connectivity index (χ0v) is 13.5. The van der Waals surface area contributed by atoms with Crippen molar-refractivity contribution in [1.29, 1.82) is 0 Å². The summed E-state index contributed by atoms with van der Waals surface area (Å²) < 4.78 is 14.0. The lowest BCUT2D eigenvalue weighted by atomic mass is 10.00. The zero-order chi connectivity index (χ0) is 15.5. The van der Waals surface area contributed by atoms with Crippen molar-refractivity contribution >= 4 is 17.5 Å². The Bertz CT molecular complexity index is 545. The first-order chi connectivity index (χ1) is 10.6. The summed E-state index contributed by atoms with van der Waals surface area (Å²) >= 11 is 5.93. The van der Waals surface area contributed by atoms with Gasteiger partial charge in [-0.05, 0) is 63.4 Å². The van der Waals surface area contributed by atoms with Gasteiger partial charge < -0.3 is 9.80 Å². The summed E-state index contributed by atoms with van der Waals surface area (Å²) in [6.45, 7) is 3.85. The summed E-state index contributed by atoms with van der Waals surface area (Å²) in [6.07, 6.45) is 5.61. The monoisotopic (exact) mass is 324 g/mol. The number of carbonyl (C=O) groups excluding carboxylic acids is 1. The van der Waals surface area contributed by atoms with Crippen LogP contribution in [-0.2, 0) is 0 Å². The maximum atomic E-state index is 14.0. The molecule has 2 aliphatic rings. The molecular formula is C17H22ClFN2O. The smallest absolute Gasteiger partial charge is 0.257 e. The molecule has 2 aliphatic heterocycles. The molecule has 1 atom stereocenters. The Labute approximate surface area is 136 Å². The summed E-state index contributed by atoms with van der Waals surface area (Å²) in [5.74, 6) is -0.705. The lowest BCUT2D eigenvalue weighted by Gasteiger charge is -2.38. The summed E-state index contributed by atoms with van der Waals surface area (Å²) in [7, 11) is 0. The molecule has 2 fully saturated rings. The fraction of sp³-hybridized carbons (Fsp3) is 0.588. The topological polar surface area (TPSA) is 23.6 Å². The molecule has 2 saturated heterocycles. The SMILES string of the molecule is O=C(c1cc(Cl)ccc1F)N1CCCCC1CN1CCCC1. The Morgan fingerprint density at radius 2 is 1.91 bits per heavy atom. The number of hydrogen-bond acceptors (Lipinski definition) is 2. The van der Waals surface area contributed by atoms with Crippen LogP contribution in [0.15, 0.2) is 18.2 Å². The number of carbonyl (C=O) groups is 1. The highest BCUT2D eigenvalue weighted by molar-refractivity contribution is 6.31. The molecule has 0 aromatic heterocycles. The second-order valence-corrected chi connectivity index (χ2v) is 6.72. The molecule has 3 nitrogen and oxygen atoms in total. The molecule has 1 amide bonds. The minimum Gasteiger partial charge on any atom is -0.334 e. The molecule has 1 aromatic carbocycles. The minimum absolute atomic E-state index is 0.0980. The average Bonchev–Trinajstić information content (AvgIpc) is 3.02. The van der Waals surface area contributed by atoms with Crippen LogP contribution in [0.1, 0.15) is 42.5 Å². The van der Waals surface area contributed by atoms with E-state index in [1.54, 1.807) is 0 Å². The molecule has 1 unspecified atom stereocenters. The lowest BCUT2D eigenvalue weighted by molar-refractivity contribution is 0.0556. The van der Waals surface area contributed by atoms with Crippen LogP contribution in [0.2, 0.25) is 5.02 Å². The van der Waals surface area contributed by atoms with Crippen LogP contribution in [-0.4, -0.2) is 47.9 Å². The van der Waals surface area contributed by atoms with Crippen molar-refractivity contribution in [2.75, 3.05) is 26.2 Å². The molecule has 5 heteroatoms. The van der Waals surface area contributed by atoms with E-state index >= 15 is 0 Å². The van der Waals surface area contributed by atoms with E-state index in [1.807, 2.05) is 4.90 Å². The van der Waals surface area contributed by atoms with Crippen molar-refractivity contribution in [2.24, 2.45) is 0 Å². The van der Waals surface area contributed by atoms with Gasteiger partial charge in [-0.2, -0.15) is 0 Å². The lowest BCUT2D eigenvalue weighted by Crippen LogP contribution is -2.49. The molecule has 0 spiro atoms. The molecule has 0 N–H and O–H groups in total. The summed E-state index contributed by atoms with van der Waals surface area (Å²) in [6, 6.07) is 4.39. The van der Waals surface area contributed by atoms with E-state index in [0.29, 0.717) is 11.6 Å². The molecule has 0 aliphatic carbocycles. The van der Waals surface area contributed by atoms with Crippen molar-refractivity contribution < 1.29 is 9.18 Å². The van der Waals surface area contributed by atoms with Gasteiger partial charge in [-0.1, -0.05) is 11.6 Å². The van der Waals surface area contributed by atoms with Gasteiger partial charge in [0.25, 0.3) is 5.91 Å². The molecule has 120 valence electrons. The van der Waals surface area contributed by atoms with E-state index < -0.39 is 5.82 Å². The second-order valence-electron chi connectivity index (χ2n) is 6.28. The van der Waals surface area contributed by atoms with Crippen molar-refractivity contribution in [1.82, 2.24) is 9.80 Å². The number of benzene rings is 1. The van der Waals surface area contributed by atoms with E-state index in [9.17, 15) is 9.18 Å². The maximum absolute atomic E-state index is 14.0. The molecule has 0 bridgehead atoms. The Kier molecular flexibility index (Phi) is 4.99. The highest BCUT2D eigenvalue weighted by Crippen LogP contribution is 2.24. The quantitative estimate of drug-likeness (QED) is 0.848. The highest BCUT2D eigenvalue weighted by atomic mass is 35.5.